The third kappa shape index (κ3) is 3.73. The Morgan fingerprint density at radius 1 is 1.31 bits per heavy atom. The number of rotatable bonds is 5. The lowest BCUT2D eigenvalue weighted by atomic mass is 10.0. The van der Waals surface area contributed by atoms with E-state index in [1.807, 2.05) is 7.05 Å². The van der Waals surface area contributed by atoms with Crippen LogP contribution >= 0.6 is 22.7 Å². The van der Waals surface area contributed by atoms with Crippen LogP contribution in [0.15, 0.2) is 21.7 Å². The fourth-order valence-electron chi connectivity index (χ4n) is 3.89. The van der Waals surface area contributed by atoms with Gasteiger partial charge in [-0.1, -0.05) is 6.07 Å². The van der Waals surface area contributed by atoms with Crippen molar-refractivity contribution >= 4 is 49.5 Å². The van der Waals surface area contributed by atoms with Crippen molar-refractivity contribution in [3.05, 3.63) is 33.5 Å². The number of hydrogen-bond acceptors (Lipinski definition) is 7. The highest BCUT2D eigenvalue weighted by Crippen LogP contribution is 2.37. The van der Waals surface area contributed by atoms with Gasteiger partial charge in [0.15, 0.2) is 0 Å². The Morgan fingerprint density at radius 2 is 2.10 bits per heavy atom. The molecule has 8 nitrogen and oxygen atoms in total. The van der Waals surface area contributed by atoms with E-state index >= 15 is 0 Å². The molecule has 11 heteroatoms. The third-order valence-electron chi connectivity index (χ3n) is 5.30. The van der Waals surface area contributed by atoms with Crippen molar-refractivity contribution in [1.82, 2.24) is 9.21 Å². The number of amides is 2. The average Bonchev–Trinajstić information content (AvgIpc) is 3.40. The van der Waals surface area contributed by atoms with Crippen LogP contribution in [0, 0.1) is 0 Å². The number of likely N-dealkylation sites (N-methyl/N-ethyl adjacent to an activating group) is 1. The van der Waals surface area contributed by atoms with Crippen LogP contribution in [0.1, 0.15) is 33.6 Å². The Balaban J connectivity index is 1.60. The van der Waals surface area contributed by atoms with Crippen molar-refractivity contribution in [3.8, 4) is 0 Å². The summed E-state index contributed by atoms with van der Waals surface area (Å²) in [4.78, 5) is 28.3. The summed E-state index contributed by atoms with van der Waals surface area (Å²) in [7, 11) is -1.73. The van der Waals surface area contributed by atoms with Gasteiger partial charge in [-0.15, -0.1) is 22.7 Å². The lowest BCUT2D eigenvalue weighted by Crippen LogP contribution is -2.43. The number of nitrogens with two attached hydrogens (primary N) is 1. The molecule has 0 radical (unpaired) electrons. The summed E-state index contributed by atoms with van der Waals surface area (Å²) in [5.74, 6) is -0.992. The quantitative estimate of drug-likeness (QED) is 0.714. The Labute approximate surface area is 177 Å². The number of nitrogens with zero attached hydrogens (tertiary/aromatic N) is 2. The van der Waals surface area contributed by atoms with Gasteiger partial charge in [0, 0.05) is 24.5 Å². The molecule has 2 aliphatic heterocycles. The van der Waals surface area contributed by atoms with Crippen LogP contribution < -0.4 is 11.1 Å². The van der Waals surface area contributed by atoms with Gasteiger partial charge in [-0.05, 0) is 43.3 Å². The molecule has 0 bridgehead atoms. The molecule has 2 aliphatic rings. The van der Waals surface area contributed by atoms with E-state index in [0.717, 1.165) is 28.3 Å². The van der Waals surface area contributed by atoms with Gasteiger partial charge in [-0.3, -0.25) is 9.59 Å². The fourth-order valence-corrected chi connectivity index (χ4v) is 8.00. The lowest BCUT2D eigenvalue weighted by Gasteiger charge is -2.22. The number of anilines is 1. The number of carbonyl (C=O) groups is 2. The van der Waals surface area contributed by atoms with E-state index in [1.165, 1.54) is 15.6 Å². The molecule has 29 heavy (non-hydrogen) atoms. The molecule has 0 spiro atoms. The molecule has 4 heterocycles. The van der Waals surface area contributed by atoms with E-state index in [4.69, 9.17) is 5.73 Å². The summed E-state index contributed by atoms with van der Waals surface area (Å²) in [5.41, 5.74) is 6.86. The molecule has 1 unspecified atom stereocenters. The lowest BCUT2D eigenvalue weighted by molar-refractivity contribution is -0.119. The highest BCUT2D eigenvalue weighted by atomic mass is 32.2. The van der Waals surface area contributed by atoms with Crippen molar-refractivity contribution in [2.75, 3.05) is 25.5 Å². The number of fused-ring (bicyclic) bond motifs is 1. The molecule has 2 aromatic heterocycles. The summed E-state index contributed by atoms with van der Waals surface area (Å²) in [6.45, 7) is 1.80. The van der Waals surface area contributed by atoms with Crippen LogP contribution in [0.4, 0.5) is 5.00 Å². The van der Waals surface area contributed by atoms with Crippen LogP contribution in [0.2, 0.25) is 0 Å². The predicted octanol–water partition coefficient (Wildman–Crippen LogP) is 1.69. The van der Waals surface area contributed by atoms with E-state index < -0.39 is 27.9 Å². The van der Waals surface area contributed by atoms with Crippen LogP contribution in [0.5, 0.6) is 0 Å². The molecule has 1 saturated heterocycles. The summed E-state index contributed by atoms with van der Waals surface area (Å²) in [6, 6.07) is 2.42. The van der Waals surface area contributed by atoms with Gasteiger partial charge >= 0.3 is 0 Å². The van der Waals surface area contributed by atoms with Gasteiger partial charge in [0.25, 0.3) is 15.9 Å². The summed E-state index contributed by atoms with van der Waals surface area (Å²) >= 11 is 2.48. The van der Waals surface area contributed by atoms with Crippen LogP contribution in [-0.4, -0.2) is 55.6 Å². The van der Waals surface area contributed by atoms with Gasteiger partial charge in [-0.2, -0.15) is 4.31 Å². The second-order valence-corrected chi connectivity index (χ2v) is 11.4. The molecular formula is C18H22N4O4S3. The van der Waals surface area contributed by atoms with E-state index in [1.54, 1.807) is 17.5 Å². The van der Waals surface area contributed by atoms with Gasteiger partial charge in [-0.25, -0.2) is 8.42 Å². The summed E-state index contributed by atoms with van der Waals surface area (Å²) in [5, 5.41) is 4.93. The molecule has 4 rings (SSSR count). The number of primary amides is 1. The second kappa shape index (κ2) is 7.80. The van der Waals surface area contributed by atoms with Crippen LogP contribution in [0.25, 0.3) is 0 Å². The van der Waals surface area contributed by atoms with Gasteiger partial charge < -0.3 is 16.0 Å². The zero-order chi connectivity index (χ0) is 20.8. The fraction of sp³-hybridized carbons (Fsp3) is 0.444. The Kier molecular flexibility index (Phi) is 5.51. The minimum atomic E-state index is -3.72. The van der Waals surface area contributed by atoms with Crippen LogP contribution in [-0.2, 0) is 27.8 Å². The van der Waals surface area contributed by atoms with Gasteiger partial charge in [0.1, 0.15) is 15.3 Å². The number of nitrogens with one attached hydrogen (secondary N) is 1. The van der Waals surface area contributed by atoms with E-state index in [2.05, 4.69) is 10.2 Å². The Hall–Kier alpha value is -1.79. The van der Waals surface area contributed by atoms with Crippen molar-refractivity contribution in [1.29, 1.82) is 0 Å². The standard InChI is InChI=1S/C18H22N4O4S3/c1-21-8-6-11-13(10-21)28-18(15(11)16(19)23)20-17(24)12-4-2-7-22(12)29(25,26)14-5-3-9-27-14/h3,5,9,12H,2,4,6-8,10H2,1H3,(H2,19,23)(H,20,24). The molecule has 1 fully saturated rings. The Morgan fingerprint density at radius 3 is 2.79 bits per heavy atom. The smallest absolute Gasteiger partial charge is 0.253 e. The van der Waals surface area contributed by atoms with E-state index in [9.17, 15) is 18.0 Å². The molecule has 156 valence electrons. The van der Waals surface area contributed by atoms with E-state index in [-0.39, 0.29) is 4.21 Å². The molecule has 2 amide bonds. The molecule has 0 aromatic carbocycles. The topological polar surface area (TPSA) is 113 Å². The maximum absolute atomic E-state index is 13.0. The molecule has 0 saturated carbocycles. The Bertz CT molecular complexity index is 1050. The van der Waals surface area contributed by atoms with Crippen molar-refractivity contribution < 1.29 is 18.0 Å². The number of carbonyl (C=O) groups excluding carboxylic acids is 2. The van der Waals surface area contributed by atoms with E-state index in [0.29, 0.717) is 42.9 Å². The van der Waals surface area contributed by atoms with Gasteiger partial charge in [0.05, 0.1) is 5.56 Å². The molecule has 0 aliphatic carbocycles. The maximum atomic E-state index is 13.0. The maximum Gasteiger partial charge on any atom is 0.253 e. The first-order chi connectivity index (χ1) is 13.8. The highest BCUT2D eigenvalue weighted by Gasteiger charge is 2.40. The molecular weight excluding hydrogens is 432 g/mol. The predicted molar refractivity (Wildman–Crippen MR) is 113 cm³/mol. The molecule has 3 N–H and O–H groups in total. The number of thiophene rings is 2. The zero-order valence-corrected chi connectivity index (χ0v) is 18.3. The van der Waals surface area contributed by atoms with Gasteiger partial charge in [0.2, 0.25) is 5.91 Å². The normalized spacial score (nSPS) is 20.5. The highest BCUT2D eigenvalue weighted by molar-refractivity contribution is 7.91. The zero-order valence-electron chi connectivity index (χ0n) is 15.9. The third-order valence-corrected chi connectivity index (χ3v) is 9.71. The first-order valence-corrected chi connectivity index (χ1v) is 12.4. The minimum Gasteiger partial charge on any atom is -0.365 e. The number of sulfonamides is 1. The minimum absolute atomic E-state index is 0.227. The van der Waals surface area contributed by atoms with Crippen LogP contribution in [0.3, 0.4) is 0 Å². The number of hydrogen-bond donors (Lipinski definition) is 2. The molecule has 2 aromatic rings. The summed E-state index contributed by atoms with van der Waals surface area (Å²) < 4.78 is 27.3. The van der Waals surface area contributed by atoms with Crippen molar-refractivity contribution in [2.45, 2.75) is 36.1 Å². The summed E-state index contributed by atoms with van der Waals surface area (Å²) in [6.07, 6.45) is 1.74. The monoisotopic (exact) mass is 454 g/mol. The largest absolute Gasteiger partial charge is 0.365 e. The van der Waals surface area contributed by atoms with Crippen molar-refractivity contribution in [2.24, 2.45) is 5.73 Å². The molecule has 1 atom stereocenters. The van der Waals surface area contributed by atoms with Crippen molar-refractivity contribution in [3.63, 3.8) is 0 Å². The first-order valence-electron chi connectivity index (χ1n) is 9.28. The first kappa shape index (κ1) is 20.5. The average molecular weight is 455 g/mol. The second-order valence-electron chi connectivity index (χ2n) is 7.26. The SMILES string of the molecule is CN1CCc2c(sc(NC(=O)C3CCCN3S(=O)(=O)c3cccs3)c2C(N)=O)C1.